The lowest BCUT2D eigenvalue weighted by atomic mass is 9.92. The summed E-state index contributed by atoms with van der Waals surface area (Å²) in [6.07, 6.45) is -5.84. The van der Waals surface area contributed by atoms with Gasteiger partial charge in [-0.3, -0.25) is 4.79 Å². The van der Waals surface area contributed by atoms with E-state index < -0.39 is 30.1 Å². The van der Waals surface area contributed by atoms with Gasteiger partial charge in [0, 0.05) is 38.6 Å². The Labute approximate surface area is 206 Å². The lowest BCUT2D eigenvalue weighted by Gasteiger charge is -2.38. The van der Waals surface area contributed by atoms with Crippen molar-refractivity contribution in [3.05, 3.63) is 18.2 Å². The molecule has 3 rings (SSSR count). The molecular formula is C20H26F7N5O5. The van der Waals surface area contributed by atoms with E-state index in [9.17, 15) is 35.5 Å². The number of hydrogen-bond donors (Lipinski definition) is 2. The summed E-state index contributed by atoms with van der Waals surface area (Å²) >= 11 is 0. The zero-order valence-electron chi connectivity index (χ0n) is 19.9. The van der Waals surface area contributed by atoms with Gasteiger partial charge in [-0.05, 0) is 32.9 Å². The van der Waals surface area contributed by atoms with E-state index in [1.54, 1.807) is 6.92 Å². The third-order valence-electron chi connectivity index (χ3n) is 5.33. The first-order chi connectivity index (χ1) is 16.8. The van der Waals surface area contributed by atoms with Crippen LogP contribution < -0.4 is 4.90 Å². The van der Waals surface area contributed by atoms with E-state index >= 15 is 0 Å². The van der Waals surface area contributed by atoms with E-state index in [2.05, 4.69) is 24.7 Å². The van der Waals surface area contributed by atoms with Crippen molar-refractivity contribution in [2.24, 2.45) is 5.92 Å². The number of carboxylic acids is 2. The molecule has 2 saturated heterocycles. The Bertz CT molecular complexity index is 904. The third-order valence-corrected chi connectivity index (χ3v) is 5.33. The normalized spacial score (nSPS) is 21.3. The first kappa shape index (κ1) is 31.8. The molecule has 10 nitrogen and oxygen atoms in total. The third kappa shape index (κ3) is 9.97. The molecule has 2 fully saturated rings. The van der Waals surface area contributed by atoms with Gasteiger partial charge in [-0.2, -0.15) is 26.3 Å². The molecule has 0 aromatic carbocycles. The second-order valence-electron chi connectivity index (χ2n) is 8.45. The summed E-state index contributed by atoms with van der Waals surface area (Å²) < 4.78 is 76.5. The average molecular weight is 549 g/mol. The zero-order chi connectivity index (χ0) is 28.7. The number of piperidine rings is 1. The number of likely N-dealkylation sites (tertiary alicyclic amines) is 1. The van der Waals surface area contributed by atoms with Crippen LogP contribution in [0.15, 0.2) is 12.4 Å². The molecule has 3 atom stereocenters. The smallest absolute Gasteiger partial charge is 0.475 e. The van der Waals surface area contributed by atoms with Gasteiger partial charge in [-0.15, -0.1) is 0 Å². The maximum absolute atomic E-state index is 13.0. The number of alkyl halides is 6. The second-order valence-corrected chi connectivity index (χ2v) is 8.45. The van der Waals surface area contributed by atoms with Gasteiger partial charge in [0.2, 0.25) is 11.9 Å². The summed E-state index contributed by atoms with van der Waals surface area (Å²) in [6.45, 7) is 4.18. The van der Waals surface area contributed by atoms with Crippen molar-refractivity contribution in [2.45, 2.75) is 44.2 Å². The number of carbonyl (C=O) groups is 3. The summed E-state index contributed by atoms with van der Waals surface area (Å²) in [5.74, 6) is -4.77. The fourth-order valence-corrected chi connectivity index (χ4v) is 4.08. The van der Waals surface area contributed by atoms with Crippen LogP contribution in [0.4, 0.5) is 36.7 Å². The molecule has 37 heavy (non-hydrogen) atoms. The average Bonchev–Trinajstić information content (AvgIpc) is 3.10. The number of aliphatic carboxylic acids is 2. The van der Waals surface area contributed by atoms with Gasteiger partial charge < -0.3 is 24.9 Å². The molecule has 1 amide bonds. The predicted molar refractivity (Wildman–Crippen MR) is 113 cm³/mol. The van der Waals surface area contributed by atoms with Gasteiger partial charge in [-0.1, -0.05) is 0 Å². The van der Waals surface area contributed by atoms with Crippen LogP contribution in [-0.4, -0.2) is 106 Å². The Hall–Kier alpha value is -3.24. The van der Waals surface area contributed by atoms with Crippen LogP contribution in [0.2, 0.25) is 0 Å². The number of nitrogens with zero attached hydrogens (tertiary/aromatic N) is 5. The molecule has 2 aliphatic rings. The van der Waals surface area contributed by atoms with Gasteiger partial charge in [-0.25, -0.2) is 23.9 Å². The number of rotatable bonds is 3. The molecule has 0 spiro atoms. The maximum atomic E-state index is 13.0. The zero-order valence-corrected chi connectivity index (χ0v) is 19.9. The maximum Gasteiger partial charge on any atom is 0.490 e. The summed E-state index contributed by atoms with van der Waals surface area (Å²) in [4.78, 5) is 44.4. The number of halogens is 7. The first-order valence-corrected chi connectivity index (χ1v) is 10.6. The minimum atomic E-state index is -5.08. The number of anilines is 1. The molecule has 0 bridgehead atoms. The summed E-state index contributed by atoms with van der Waals surface area (Å²) in [5.41, 5.74) is 0. The first-order valence-electron chi connectivity index (χ1n) is 10.6. The van der Waals surface area contributed by atoms with Crippen molar-refractivity contribution in [3.8, 4) is 0 Å². The number of amides is 1. The lowest BCUT2D eigenvalue weighted by Crippen LogP contribution is -2.50. The topological polar surface area (TPSA) is 127 Å². The van der Waals surface area contributed by atoms with Crippen molar-refractivity contribution >= 4 is 23.8 Å². The SMILES string of the molecule is CC(=O)N1[C@H](CN(C)C)C[C@@H]2CN(c3ncc(F)cn3)CC[C@@H]21.O=C(O)C(F)(F)F.O=C(O)C(F)(F)F. The molecule has 0 aliphatic carbocycles. The highest BCUT2D eigenvalue weighted by atomic mass is 19.4. The van der Waals surface area contributed by atoms with Crippen LogP contribution >= 0.6 is 0 Å². The molecular weight excluding hydrogens is 523 g/mol. The van der Waals surface area contributed by atoms with Gasteiger partial charge >= 0.3 is 24.3 Å². The Balaban J connectivity index is 0.000000404. The van der Waals surface area contributed by atoms with Crippen LogP contribution in [0.5, 0.6) is 0 Å². The molecule has 2 N–H and O–H groups in total. The van der Waals surface area contributed by atoms with Gasteiger partial charge in [0.15, 0.2) is 5.82 Å². The van der Waals surface area contributed by atoms with Gasteiger partial charge in [0.25, 0.3) is 0 Å². The Kier molecular flexibility index (Phi) is 11.0. The van der Waals surface area contributed by atoms with Crippen LogP contribution in [0.1, 0.15) is 19.8 Å². The standard InChI is InChI=1S/C16H24FN5O.2C2HF3O2/c1-11(23)22-14(10-20(2)3)6-12-9-21(5-4-15(12)22)16-18-7-13(17)8-19-16;2*3-2(4,5)1(6)7/h7-8,12,14-15H,4-6,9-10H2,1-3H3;2*(H,6,7)/t12-,14+,15+;;/m1../s1. The molecule has 3 heterocycles. The van der Waals surface area contributed by atoms with Crippen molar-refractivity contribution in [2.75, 3.05) is 38.6 Å². The van der Waals surface area contributed by atoms with E-state index in [0.717, 1.165) is 32.5 Å². The number of likely N-dealkylation sites (N-methyl/N-ethyl adjacent to an activating group) is 1. The van der Waals surface area contributed by atoms with Crippen molar-refractivity contribution in [1.82, 2.24) is 19.8 Å². The van der Waals surface area contributed by atoms with Crippen LogP contribution in [0.25, 0.3) is 0 Å². The molecule has 0 radical (unpaired) electrons. The van der Waals surface area contributed by atoms with E-state index in [4.69, 9.17) is 19.8 Å². The Morgan fingerprint density at radius 1 is 1.03 bits per heavy atom. The fourth-order valence-electron chi connectivity index (χ4n) is 4.08. The second kappa shape index (κ2) is 12.8. The van der Waals surface area contributed by atoms with Crippen LogP contribution in [-0.2, 0) is 14.4 Å². The van der Waals surface area contributed by atoms with E-state index in [-0.39, 0.29) is 11.9 Å². The molecule has 210 valence electrons. The lowest BCUT2D eigenvalue weighted by molar-refractivity contribution is -0.193. The highest BCUT2D eigenvalue weighted by Crippen LogP contribution is 2.36. The van der Waals surface area contributed by atoms with Crippen molar-refractivity contribution in [3.63, 3.8) is 0 Å². The van der Waals surface area contributed by atoms with E-state index in [1.807, 2.05) is 14.1 Å². The molecule has 1 aromatic heterocycles. The molecule has 0 saturated carbocycles. The van der Waals surface area contributed by atoms with Gasteiger partial charge in [0.05, 0.1) is 12.4 Å². The Morgan fingerprint density at radius 2 is 1.49 bits per heavy atom. The molecule has 17 heteroatoms. The van der Waals surface area contributed by atoms with Crippen molar-refractivity contribution < 1.29 is 55.3 Å². The fraction of sp³-hybridized carbons (Fsp3) is 0.650. The molecule has 0 unspecified atom stereocenters. The van der Waals surface area contributed by atoms with Crippen molar-refractivity contribution in [1.29, 1.82) is 0 Å². The number of carboxylic acid groups (broad SMARTS) is 2. The van der Waals surface area contributed by atoms with E-state index in [1.165, 1.54) is 12.4 Å². The highest BCUT2D eigenvalue weighted by molar-refractivity contribution is 5.74. The molecule has 1 aromatic rings. The monoisotopic (exact) mass is 549 g/mol. The number of carbonyl (C=O) groups excluding carboxylic acids is 1. The summed E-state index contributed by atoms with van der Waals surface area (Å²) in [5, 5.41) is 14.2. The summed E-state index contributed by atoms with van der Waals surface area (Å²) in [7, 11) is 4.08. The van der Waals surface area contributed by atoms with E-state index in [0.29, 0.717) is 17.9 Å². The number of fused-ring (bicyclic) bond motifs is 1. The minimum Gasteiger partial charge on any atom is -0.475 e. The van der Waals surface area contributed by atoms with Crippen LogP contribution in [0.3, 0.4) is 0 Å². The quantitative estimate of drug-likeness (QED) is 0.546. The van der Waals surface area contributed by atoms with Crippen LogP contribution in [0, 0.1) is 11.7 Å². The van der Waals surface area contributed by atoms with Gasteiger partial charge in [0.1, 0.15) is 0 Å². The molecule has 2 aliphatic heterocycles. The predicted octanol–water partition coefficient (Wildman–Crippen LogP) is 2.26. The Morgan fingerprint density at radius 3 is 1.86 bits per heavy atom. The summed E-state index contributed by atoms with van der Waals surface area (Å²) in [6, 6.07) is 0.570. The highest BCUT2D eigenvalue weighted by Gasteiger charge is 2.45. The largest absolute Gasteiger partial charge is 0.490 e. The minimum absolute atomic E-state index is 0.163. The number of hydrogen-bond acceptors (Lipinski definition) is 7. The number of aromatic nitrogens is 2.